The van der Waals surface area contributed by atoms with Crippen LogP contribution in [0.1, 0.15) is 6.42 Å². The van der Waals surface area contributed by atoms with Crippen LogP contribution in [0, 0.1) is 0 Å². The number of nitrogens with zero attached hydrogens (tertiary/aromatic N) is 1. The third kappa shape index (κ3) is 1.24. The van der Waals surface area contributed by atoms with Gasteiger partial charge in [0.05, 0.1) is 0 Å². The third-order valence-electron chi connectivity index (χ3n) is 1.30. The van der Waals surface area contributed by atoms with Gasteiger partial charge in [-0.3, -0.25) is 14.5 Å². The molecule has 2 amide bonds. The van der Waals surface area contributed by atoms with Crippen molar-refractivity contribution >= 4 is 21.1 Å². The van der Waals surface area contributed by atoms with Gasteiger partial charge < -0.3 is 0 Å². The van der Waals surface area contributed by atoms with E-state index in [-0.39, 0.29) is 11.8 Å². The maximum atomic E-state index is 10.9. The second-order valence-electron chi connectivity index (χ2n) is 1.95. The van der Waals surface area contributed by atoms with E-state index in [2.05, 4.69) is 9.24 Å². The highest BCUT2D eigenvalue weighted by molar-refractivity contribution is 7.16. The molecule has 0 fully saturated rings. The molecule has 54 valence electrons. The highest BCUT2D eigenvalue weighted by atomic mass is 31.0. The Labute approximate surface area is 61.3 Å². The van der Waals surface area contributed by atoms with E-state index in [0.717, 1.165) is 0 Å². The van der Waals surface area contributed by atoms with Crippen molar-refractivity contribution in [1.29, 1.82) is 0 Å². The van der Waals surface area contributed by atoms with E-state index in [9.17, 15) is 9.59 Å². The first-order chi connectivity index (χ1) is 4.75. The minimum absolute atomic E-state index is 0.123. The van der Waals surface area contributed by atoms with E-state index >= 15 is 0 Å². The first kappa shape index (κ1) is 7.42. The van der Waals surface area contributed by atoms with Crippen molar-refractivity contribution in [2.45, 2.75) is 6.42 Å². The zero-order valence-corrected chi connectivity index (χ0v) is 6.56. The van der Waals surface area contributed by atoms with E-state index in [1.54, 1.807) is 6.08 Å². The first-order valence-corrected chi connectivity index (χ1v) is 3.78. The second kappa shape index (κ2) is 2.93. The van der Waals surface area contributed by atoms with Crippen LogP contribution in [0.3, 0.4) is 0 Å². The van der Waals surface area contributed by atoms with Crippen LogP contribution in [-0.2, 0) is 9.59 Å². The van der Waals surface area contributed by atoms with Crippen LogP contribution in [-0.4, -0.2) is 23.0 Å². The highest BCUT2D eigenvalue weighted by Gasteiger charge is 2.19. The number of carbonyl (C=O) groups excluding carboxylic acids is 2. The molecule has 0 spiro atoms. The van der Waals surface area contributed by atoms with Crippen LogP contribution in [0.15, 0.2) is 12.2 Å². The lowest BCUT2D eigenvalue weighted by molar-refractivity contribution is -0.140. The van der Waals surface area contributed by atoms with Crippen molar-refractivity contribution in [2.75, 3.05) is 6.29 Å². The van der Waals surface area contributed by atoms with Crippen LogP contribution in [0.25, 0.3) is 0 Å². The summed E-state index contributed by atoms with van der Waals surface area (Å²) >= 11 is 0. The zero-order chi connectivity index (χ0) is 7.56. The molecule has 3 nitrogen and oxygen atoms in total. The molecular formula is C6H8NO2P. The van der Waals surface area contributed by atoms with Gasteiger partial charge in [0.2, 0.25) is 5.91 Å². The van der Waals surface area contributed by atoms with Gasteiger partial charge in [-0.05, 0) is 0 Å². The van der Waals surface area contributed by atoms with E-state index in [1.165, 1.54) is 11.0 Å². The topological polar surface area (TPSA) is 37.4 Å². The van der Waals surface area contributed by atoms with Crippen LogP contribution < -0.4 is 0 Å². The Balaban J connectivity index is 2.77. The quantitative estimate of drug-likeness (QED) is 0.401. The smallest absolute Gasteiger partial charge is 0.253 e. The molecule has 0 aromatic heterocycles. The minimum Gasteiger partial charge on any atom is -0.275 e. The molecule has 1 atom stereocenters. The summed E-state index contributed by atoms with van der Waals surface area (Å²) in [4.78, 5) is 22.9. The van der Waals surface area contributed by atoms with Gasteiger partial charge in [-0.25, -0.2) is 0 Å². The van der Waals surface area contributed by atoms with Crippen LogP contribution in [0.4, 0.5) is 0 Å². The molecule has 0 radical (unpaired) electrons. The lowest BCUT2D eigenvalue weighted by Crippen LogP contribution is -2.36. The number of amides is 2. The van der Waals surface area contributed by atoms with E-state index in [4.69, 9.17) is 0 Å². The Bertz CT molecular complexity index is 200. The fourth-order valence-corrected chi connectivity index (χ4v) is 1.16. The Morgan fingerprint density at radius 1 is 1.60 bits per heavy atom. The lowest BCUT2D eigenvalue weighted by Gasteiger charge is -2.18. The Morgan fingerprint density at radius 2 is 2.30 bits per heavy atom. The molecule has 4 heteroatoms. The second-order valence-corrected chi connectivity index (χ2v) is 2.31. The van der Waals surface area contributed by atoms with Crippen molar-refractivity contribution in [3.63, 3.8) is 0 Å². The molecule has 0 saturated carbocycles. The van der Waals surface area contributed by atoms with Gasteiger partial charge in [-0.1, -0.05) is 6.08 Å². The van der Waals surface area contributed by atoms with Gasteiger partial charge in [0.15, 0.2) is 0 Å². The minimum atomic E-state index is -0.216. The van der Waals surface area contributed by atoms with Gasteiger partial charge in [0.1, 0.15) is 0 Å². The molecule has 1 aliphatic rings. The fourth-order valence-electron chi connectivity index (χ4n) is 0.775. The molecule has 1 heterocycles. The predicted octanol–water partition coefficient (Wildman–Crippen LogP) is 0.134. The third-order valence-corrected chi connectivity index (χ3v) is 1.67. The summed E-state index contributed by atoms with van der Waals surface area (Å²) in [6.07, 6.45) is 3.75. The molecule has 0 saturated heterocycles. The summed E-state index contributed by atoms with van der Waals surface area (Å²) in [5.74, 6) is -0.339. The molecule has 1 rings (SSSR count). The fraction of sp³-hybridized carbons (Fsp3) is 0.333. The standard InChI is InChI=1S/C6H8NO2P/c8-5-2-1-3-6(9)7(5)4-10/h1-2H,3-4,10H2. The summed E-state index contributed by atoms with van der Waals surface area (Å²) in [5, 5.41) is 0. The van der Waals surface area contributed by atoms with E-state index in [1.807, 2.05) is 0 Å². The largest absolute Gasteiger partial charge is 0.275 e. The SMILES string of the molecule is O=C1C=CCC(=O)N1CP. The summed E-state index contributed by atoms with van der Waals surface area (Å²) in [6, 6.07) is 0. The normalized spacial score (nSPS) is 18.3. The van der Waals surface area contributed by atoms with Crippen molar-refractivity contribution in [2.24, 2.45) is 0 Å². The van der Waals surface area contributed by atoms with E-state index in [0.29, 0.717) is 12.7 Å². The molecule has 0 N–H and O–H groups in total. The van der Waals surface area contributed by atoms with Gasteiger partial charge >= 0.3 is 0 Å². The Hall–Kier alpha value is -0.690. The maximum Gasteiger partial charge on any atom is 0.253 e. The molecule has 1 aliphatic heterocycles. The number of imide groups is 1. The number of hydrogen-bond donors (Lipinski definition) is 0. The van der Waals surface area contributed by atoms with Gasteiger partial charge in [-0.2, -0.15) is 0 Å². The van der Waals surface area contributed by atoms with Gasteiger partial charge in [-0.15, -0.1) is 9.24 Å². The van der Waals surface area contributed by atoms with Gasteiger partial charge in [0, 0.05) is 18.8 Å². The molecule has 0 bridgehead atoms. The number of carbonyl (C=O) groups is 2. The number of rotatable bonds is 1. The predicted molar refractivity (Wildman–Crippen MR) is 40.2 cm³/mol. The van der Waals surface area contributed by atoms with Crippen molar-refractivity contribution in [3.8, 4) is 0 Å². The monoisotopic (exact) mass is 157 g/mol. The summed E-state index contributed by atoms with van der Waals surface area (Å²) < 4.78 is 0. The van der Waals surface area contributed by atoms with Crippen molar-refractivity contribution in [3.05, 3.63) is 12.2 Å². The lowest BCUT2D eigenvalue weighted by atomic mass is 10.2. The molecule has 0 aromatic carbocycles. The van der Waals surface area contributed by atoms with Gasteiger partial charge in [0.25, 0.3) is 5.91 Å². The summed E-state index contributed by atoms with van der Waals surface area (Å²) in [7, 11) is 2.34. The first-order valence-electron chi connectivity index (χ1n) is 2.96. The molecule has 0 aromatic rings. The average Bonchev–Trinajstić information content (AvgIpc) is 1.88. The van der Waals surface area contributed by atoms with Crippen LogP contribution >= 0.6 is 9.24 Å². The molecule has 0 aliphatic carbocycles. The average molecular weight is 157 g/mol. The number of hydrogen-bond acceptors (Lipinski definition) is 2. The van der Waals surface area contributed by atoms with Crippen LogP contribution in [0.2, 0.25) is 0 Å². The maximum absolute atomic E-state index is 10.9. The molecule has 1 unspecified atom stereocenters. The van der Waals surface area contributed by atoms with Crippen molar-refractivity contribution in [1.82, 2.24) is 4.90 Å². The summed E-state index contributed by atoms with van der Waals surface area (Å²) in [5.41, 5.74) is 0. The van der Waals surface area contributed by atoms with Crippen LogP contribution in [0.5, 0.6) is 0 Å². The zero-order valence-electron chi connectivity index (χ0n) is 5.41. The van der Waals surface area contributed by atoms with E-state index < -0.39 is 0 Å². The molecule has 10 heavy (non-hydrogen) atoms. The summed E-state index contributed by atoms with van der Waals surface area (Å²) in [6.45, 7) is 0. The Kier molecular flexibility index (Phi) is 2.17. The highest BCUT2D eigenvalue weighted by Crippen LogP contribution is 2.05. The van der Waals surface area contributed by atoms with Crippen molar-refractivity contribution < 1.29 is 9.59 Å². The Morgan fingerprint density at radius 3 is 2.70 bits per heavy atom. The molecular weight excluding hydrogens is 149 g/mol.